The topological polar surface area (TPSA) is 91.4 Å². The van der Waals surface area contributed by atoms with Crippen molar-refractivity contribution >= 4 is 17.9 Å². The molecule has 0 saturated carbocycles. The number of nitrogens with zero attached hydrogens (tertiary/aromatic N) is 3. The van der Waals surface area contributed by atoms with Crippen LogP contribution in [0.1, 0.15) is 31.9 Å². The minimum Gasteiger partial charge on any atom is -0.463 e. The first kappa shape index (κ1) is 25.6. The molecule has 186 valence electrons. The van der Waals surface area contributed by atoms with E-state index in [0.29, 0.717) is 56.1 Å². The zero-order chi connectivity index (χ0) is 24.7. The summed E-state index contributed by atoms with van der Waals surface area (Å²) in [5.41, 5.74) is 1.50. The lowest BCUT2D eigenvalue weighted by Gasteiger charge is -2.38. The minimum absolute atomic E-state index is 0.0429. The van der Waals surface area contributed by atoms with Crippen LogP contribution in [0.15, 0.2) is 35.5 Å². The zero-order valence-electron chi connectivity index (χ0n) is 20.0. The smallest absolute Gasteiger partial charge is 0.338 e. The van der Waals surface area contributed by atoms with Crippen molar-refractivity contribution in [2.24, 2.45) is 0 Å². The number of nitrogens with one attached hydrogen (secondary N) is 1. The molecule has 0 spiro atoms. The third-order valence-corrected chi connectivity index (χ3v) is 6.04. The van der Waals surface area contributed by atoms with Crippen LogP contribution in [0.5, 0.6) is 0 Å². The van der Waals surface area contributed by atoms with Gasteiger partial charge in [-0.25, -0.2) is 14.0 Å². The highest BCUT2D eigenvalue weighted by molar-refractivity contribution is 5.95. The van der Waals surface area contributed by atoms with E-state index in [2.05, 4.69) is 10.2 Å². The fraction of sp³-hybridized carbons (Fsp3) is 0.542. The van der Waals surface area contributed by atoms with Crippen LogP contribution in [-0.4, -0.2) is 92.2 Å². The van der Waals surface area contributed by atoms with Crippen molar-refractivity contribution in [1.82, 2.24) is 20.0 Å². The van der Waals surface area contributed by atoms with Gasteiger partial charge in [0.15, 0.2) is 0 Å². The molecule has 1 aromatic rings. The maximum Gasteiger partial charge on any atom is 0.338 e. The first-order chi connectivity index (χ1) is 16.4. The van der Waals surface area contributed by atoms with E-state index in [1.54, 1.807) is 28.9 Å². The van der Waals surface area contributed by atoms with Crippen LogP contribution in [0, 0.1) is 5.82 Å². The second-order valence-corrected chi connectivity index (χ2v) is 8.20. The Morgan fingerprint density at radius 1 is 1.12 bits per heavy atom. The molecule has 1 unspecified atom stereocenters. The number of ether oxygens (including phenoxy) is 2. The third kappa shape index (κ3) is 5.92. The number of likely N-dealkylation sites (N-methyl/N-ethyl adjacent to an activating group) is 1. The molecule has 1 fully saturated rings. The Morgan fingerprint density at radius 3 is 2.50 bits per heavy atom. The summed E-state index contributed by atoms with van der Waals surface area (Å²) in [6.07, 6.45) is 0.761. The number of halogens is 1. The van der Waals surface area contributed by atoms with Crippen molar-refractivity contribution in [2.75, 3.05) is 59.6 Å². The van der Waals surface area contributed by atoms with Gasteiger partial charge in [-0.3, -0.25) is 14.6 Å². The zero-order valence-corrected chi connectivity index (χ0v) is 20.0. The Kier molecular flexibility index (Phi) is 9.00. The molecule has 1 saturated heterocycles. The van der Waals surface area contributed by atoms with E-state index in [1.165, 1.54) is 19.2 Å². The van der Waals surface area contributed by atoms with Crippen LogP contribution < -0.4 is 5.32 Å². The van der Waals surface area contributed by atoms with Gasteiger partial charge in [-0.05, 0) is 38.0 Å². The van der Waals surface area contributed by atoms with Crippen LogP contribution in [0.4, 0.5) is 9.18 Å². The number of carbonyl (C=O) groups excluding carboxylic acids is 3. The van der Waals surface area contributed by atoms with E-state index in [9.17, 15) is 18.8 Å². The van der Waals surface area contributed by atoms with E-state index in [4.69, 9.17) is 9.47 Å². The SMILES string of the molecule is CCOC(=O)C1=C(CN2CCCN(C(=O)COC)CC2)N(CC)C(=O)NC1c1ccc(F)cc1. The van der Waals surface area contributed by atoms with Gasteiger partial charge < -0.3 is 19.7 Å². The fourth-order valence-electron chi connectivity index (χ4n) is 4.37. The number of urea groups is 1. The summed E-state index contributed by atoms with van der Waals surface area (Å²) < 4.78 is 23.9. The highest BCUT2D eigenvalue weighted by atomic mass is 19.1. The number of amides is 3. The second-order valence-electron chi connectivity index (χ2n) is 8.20. The monoisotopic (exact) mass is 476 g/mol. The van der Waals surface area contributed by atoms with E-state index in [1.807, 2.05) is 6.92 Å². The first-order valence-electron chi connectivity index (χ1n) is 11.6. The van der Waals surface area contributed by atoms with Gasteiger partial charge in [-0.1, -0.05) is 12.1 Å². The van der Waals surface area contributed by atoms with E-state index >= 15 is 0 Å². The molecule has 1 N–H and O–H groups in total. The van der Waals surface area contributed by atoms with Crippen LogP contribution >= 0.6 is 0 Å². The molecule has 2 heterocycles. The maximum atomic E-state index is 13.5. The van der Waals surface area contributed by atoms with Crippen molar-refractivity contribution in [3.05, 3.63) is 46.9 Å². The maximum absolute atomic E-state index is 13.5. The number of hydrogen-bond donors (Lipinski definition) is 1. The Balaban J connectivity index is 1.95. The Morgan fingerprint density at radius 2 is 1.85 bits per heavy atom. The Bertz CT molecular complexity index is 920. The summed E-state index contributed by atoms with van der Waals surface area (Å²) in [5, 5.41) is 2.88. The molecule has 3 rings (SSSR count). The Labute approximate surface area is 199 Å². The lowest BCUT2D eigenvalue weighted by atomic mass is 9.94. The van der Waals surface area contributed by atoms with E-state index < -0.39 is 17.8 Å². The molecule has 3 amide bonds. The molecule has 1 atom stereocenters. The predicted molar refractivity (Wildman–Crippen MR) is 123 cm³/mol. The molecule has 0 bridgehead atoms. The molecular weight excluding hydrogens is 443 g/mol. The van der Waals surface area contributed by atoms with Crippen LogP contribution in [0.25, 0.3) is 0 Å². The van der Waals surface area contributed by atoms with Crippen molar-refractivity contribution in [2.45, 2.75) is 26.3 Å². The normalized spacial score (nSPS) is 19.6. The molecule has 2 aliphatic rings. The molecule has 34 heavy (non-hydrogen) atoms. The quantitative estimate of drug-likeness (QED) is 0.577. The molecule has 9 nitrogen and oxygen atoms in total. The number of rotatable bonds is 8. The van der Waals surface area contributed by atoms with Crippen molar-refractivity contribution in [3.63, 3.8) is 0 Å². The lowest BCUT2D eigenvalue weighted by Crippen LogP contribution is -2.51. The molecule has 0 radical (unpaired) electrons. The predicted octanol–water partition coefficient (Wildman–Crippen LogP) is 1.91. The average Bonchev–Trinajstić information content (AvgIpc) is 3.05. The van der Waals surface area contributed by atoms with Gasteiger partial charge in [0.25, 0.3) is 0 Å². The summed E-state index contributed by atoms with van der Waals surface area (Å²) in [4.78, 5) is 43.8. The van der Waals surface area contributed by atoms with Gasteiger partial charge in [-0.15, -0.1) is 0 Å². The summed E-state index contributed by atoms with van der Waals surface area (Å²) >= 11 is 0. The van der Waals surface area contributed by atoms with Crippen LogP contribution in [-0.2, 0) is 19.1 Å². The minimum atomic E-state index is -0.753. The van der Waals surface area contributed by atoms with Crippen LogP contribution in [0.2, 0.25) is 0 Å². The van der Waals surface area contributed by atoms with Crippen molar-refractivity contribution in [1.29, 1.82) is 0 Å². The number of carbonyl (C=O) groups is 3. The standard InChI is InChI=1S/C24H33FN4O5/c1-4-29-19(15-27-11-6-12-28(14-13-27)20(30)16-33-3)21(23(31)34-5-2)22(26-24(29)32)17-7-9-18(25)10-8-17/h7-10,22H,4-6,11-16H2,1-3H3,(H,26,32). The number of methoxy groups -OCH3 is 1. The van der Waals surface area contributed by atoms with Crippen molar-refractivity contribution in [3.8, 4) is 0 Å². The van der Waals surface area contributed by atoms with Gasteiger partial charge in [0.1, 0.15) is 12.4 Å². The molecule has 1 aromatic carbocycles. The molecular formula is C24H33FN4O5. The molecule has 10 heteroatoms. The van der Waals surface area contributed by atoms with Gasteiger partial charge in [-0.2, -0.15) is 0 Å². The lowest BCUT2D eigenvalue weighted by molar-refractivity contribution is -0.139. The summed E-state index contributed by atoms with van der Waals surface area (Å²) in [7, 11) is 1.50. The van der Waals surface area contributed by atoms with Crippen LogP contribution in [0.3, 0.4) is 0 Å². The third-order valence-electron chi connectivity index (χ3n) is 6.04. The van der Waals surface area contributed by atoms with Gasteiger partial charge >= 0.3 is 12.0 Å². The van der Waals surface area contributed by atoms with Gasteiger partial charge in [0.2, 0.25) is 5.91 Å². The number of hydrogen-bond acceptors (Lipinski definition) is 6. The van der Waals surface area contributed by atoms with Gasteiger partial charge in [0.05, 0.1) is 18.2 Å². The molecule has 0 aromatic heterocycles. The first-order valence-corrected chi connectivity index (χ1v) is 11.6. The summed E-state index contributed by atoms with van der Waals surface area (Å²) in [6.45, 7) is 6.96. The Hall–Kier alpha value is -2.98. The molecule has 0 aliphatic carbocycles. The highest BCUT2D eigenvalue weighted by Crippen LogP contribution is 2.32. The second kappa shape index (κ2) is 11.9. The van der Waals surface area contributed by atoms with E-state index in [-0.39, 0.29) is 25.2 Å². The average molecular weight is 477 g/mol. The van der Waals surface area contributed by atoms with Crippen molar-refractivity contribution < 1.29 is 28.2 Å². The fourth-order valence-corrected chi connectivity index (χ4v) is 4.37. The molecule has 2 aliphatic heterocycles. The number of benzene rings is 1. The summed E-state index contributed by atoms with van der Waals surface area (Å²) in [5.74, 6) is -0.975. The van der Waals surface area contributed by atoms with E-state index in [0.717, 1.165) is 6.42 Å². The highest BCUT2D eigenvalue weighted by Gasteiger charge is 2.38. The summed E-state index contributed by atoms with van der Waals surface area (Å²) in [6, 6.07) is 4.64. The largest absolute Gasteiger partial charge is 0.463 e. The number of esters is 1. The van der Waals surface area contributed by atoms with Gasteiger partial charge in [0, 0.05) is 52.1 Å².